The van der Waals surface area contributed by atoms with Gasteiger partial charge in [-0.2, -0.15) is 0 Å². The topological polar surface area (TPSA) is 44.3 Å². The van der Waals surface area contributed by atoms with Crippen molar-refractivity contribution in [2.75, 3.05) is 43.9 Å². The molecular weight excluding hydrogens is 250 g/mol. The molecule has 5 nitrogen and oxygen atoms in total. The van der Waals surface area contributed by atoms with Crippen LogP contribution in [0, 0.1) is 6.92 Å². The molecule has 2 fully saturated rings. The highest BCUT2D eigenvalue weighted by Gasteiger charge is 2.30. The van der Waals surface area contributed by atoms with Crippen LogP contribution in [-0.2, 0) is 0 Å². The van der Waals surface area contributed by atoms with Crippen molar-refractivity contribution in [3.05, 3.63) is 11.4 Å². The molecule has 1 aliphatic carbocycles. The number of nitrogens with one attached hydrogen (secondary N) is 1. The van der Waals surface area contributed by atoms with E-state index in [0.29, 0.717) is 12.0 Å². The Morgan fingerprint density at radius 1 is 1.20 bits per heavy atom. The molecule has 20 heavy (non-hydrogen) atoms. The molecule has 0 spiro atoms. The van der Waals surface area contributed by atoms with Crippen LogP contribution in [0.15, 0.2) is 0 Å². The first kappa shape index (κ1) is 13.6. The fourth-order valence-corrected chi connectivity index (χ4v) is 2.84. The van der Waals surface area contributed by atoms with Gasteiger partial charge in [-0.25, -0.2) is 9.97 Å². The van der Waals surface area contributed by atoms with Crippen LogP contribution >= 0.6 is 0 Å². The molecule has 1 saturated heterocycles. The quantitative estimate of drug-likeness (QED) is 0.912. The average molecular weight is 275 g/mol. The Hall–Kier alpha value is -1.36. The molecule has 3 rings (SSSR count). The molecule has 0 amide bonds. The first-order chi connectivity index (χ1) is 9.60. The van der Waals surface area contributed by atoms with Crippen LogP contribution in [0.2, 0.25) is 0 Å². The zero-order valence-corrected chi connectivity index (χ0v) is 13.0. The van der Waals surface area contributed by atoms with Gasteiger partial charge in [-0.05, 0) is 33.7 Å². The van der Waals surface area contributed by atoms with Gasteiger partial charge in [0.2, 0.25) is 0 Å². The van der Waals surface area contributed by atoms with Gasteiger partial charge in [-0.15, -0.1) is 0 Å². The second kappa shape index (κ2) is 5.20. The lowest BCUT2D eigenvalue weighted by Crippen LogP contribution is -2.50. The Bertz CT molecular complexity index is 497. The molecule has 2 aliphatic rings. The van der Waals surface area contributed by atoms with Crippen LogP contribution in [0.25, 0.3) is 0 Å². The van der Waals surface area contributed by atoms with E-state index in [-0.39, 0.29) is 0 Å². The Balaban J connectivity index is 1.93. The summed E-state index contributed by atoms with van der Waals surface area (Å²) < 4.78 is 0. The van der Waals surface area contributed by atoms with Crippen LogP contribution in [0.5, 0.6) is 0 Å². The number of anilines is 2. The van der Waals surface area contributed by atoms with Gasteiger partial charge in [-0.3, -0.25) is 0 Å². The number of hydrogen-bond donors (Lipinski definition) is 1. The zero-order chi connectivity index (χ0) is 14.3. The van der Waals surface area contributed by atoms with E-state index in [4.69, 9.17) is 4.98 Å². The van der Waals surface area contributed by atoms with Crippen molar-refractivity contribution in [2.24, 2.45) is 0 Å². The van der Waals surface area contributed by atoms with Gasteiger partial charge in [0.05, 0.1) is 0 Å². The number of piperazine rings is 1. The zero-order valence-electron chi connectivity index (χ0n) is 13.0. The third-order valence-corrected chi connectivity index (χ3v) is 4.58. The highest BCUT2D eigenvalue weighted by molar-refractivity contribution is 5.59. The Morgan fingerprint density at radius 3 is 2.55 bits per heavy atom. The van der Waals surface area contributed by atoms with Crippen LogP contribution < -0.4 is 10.2 Å². The molecule has 0 aromatic carbocycles. The molecule has 2 heterocycles. The predicted molar refractivity (Wildman–Crippen MR) is 82.6 cm³/mol. The monoisotopic (exact) mass is 275 g/mol. The maximum absolute atomic E-state index is 4.88. The van der Waals surface area contributed by atoms with Gasteiger partial charge >= 0.3 is 0 Å². The van der Waals surface area contributed by atoms with E-state index in [1.165, 1.54) is 18.4 Å². The van der Waals surface area contributed by atoms with Gasteiger partial charge in [0.25, 0.3) is 0 Å². The van der Waals surface area contributed by atoms with Crippen molar-refractivity contribution in [1.29, 1.82) is 0 Å². The Morgan fingerprint density at radius 2 is 1.95 bits per heavy atom. The van der Waals surface area contributed by atoms with Crippen LogP contribution in [0.4, 0.5) is 11.6 Å². The van der Waals surface area contributed by atoms with Crippen molar-refractivity contribution < 1.29 is 0 Å². The lowest BCUT2D eigenvalue weighted by Gasteiger charge is -2.39. The van der Waals surface area contributed by atoms with Gasteiger partial charge in [0, 0.05) is 44.2 Å². The van der Waals surface area contributed by atoms with E-state index in [1.54, 1.807) is 0 Å². The highest BCUT2D eigenvalue weighted by atomic mass is 15.3. The van der Waals surface area contributed by atoms with E-state index in [9.17, 15) is 0 Å². The van der Waals surface area contributed by atoms with Crippen LogP contribution in [-0.4, -0.2) is 54.6 Å². The predicted octanol–water partition coefficient (Wildman–Crippen LogP) is 1.84. The standard InChI is InChI=1S/C15H25N5/c1-10-9-20(8-7-19(10)4)15-11(2)13(16-3)17-14(18-15)12-5-6-12/h10,12H,5-9H2,1-4H3,(H,16,17,18). The van der Waals surface area contributed by atoms with E-state index in [0.717, 1.165) is 37.1 Å². The molecule has 1 aromatic heterocycles. The fourth-order valence-electron chi connectivity index (χ4n) is 2.84. The maximum Gasteiger partial charge on any atom is 0.137 e. The largest absolute Gasteiger partial charge is 0.373 e. The molecular formula is C15H25N5. The minimum absolute atomic E-state index is 0.570. The second-order valence-electron chi connectivity index (χ2n) is 6.18. The second-order valence-corrected chi connectivity index (χ2v) is 6.18. The number of hydrogen-bond acceptors (Lipinski definition) is 5. The van der Waals surface area contributed by atoms with Gasteiger partial charge in [0.1, 0.15) is 17.5 Å². The number of nitrogens with zero attached hydrogens (tertiary/aromatic N) is 4. The first-order valence-electron chi connectivity index (χ1n) is 7.61. The summed E-state index contributed by atoms with van der Waals surface area (Å²) in [5.41, 5.74) is 1.17. The highest BCUT2D eigenvalue weighted by Crippen LogP contribution is 2.40. The van der Waals surface area contributed by atoms with Gasteiger partial charge in [0.15, 0.2) is 0 Å². The minimum atomic E-state index is 0.570. The Labute approximate surface area is 121 Å². The summed E-state index contributed by atoms with van der Waals surface area (Å²) in [7, 11) is 4.14. The lowest BCUT2D eigenvalue weighted by atomic mass is 10.2. The van der Waals surface area contributed by atoms with Crippen molar-refractivity contribution >= 4 is 11.6 Å². The molecule has 1 unspecified atom stereocenters. The van der Waals surface area contributed by atoms with Crippen molar-refractivity contribution in [1.82, 2.24) is 14.9 Å². The molecule has 5 heteroatoms. The number of likely N-dealkylation sites (N-methyl/N-ethyl adjacent to an activating group) is 1. The molecule has 1 N–H and O–H groups in total. The average Bonchev–Trinajstić information content (AvgIpc) is 3.27. The molecule has 0 bridgehead atoms. The van der Waals surface area contributed by atoms with E-state index >= 15 is 0 Å². The third-order valence-electron chi connectivity index (χ3n) is 4.58. The summed E-state index contributed by atoms with van der Waals surface area (Å²) >= 11 is 0. The molecule has 110 valence electrons. The van der Waals surface area contributed by atoms with E-state index in [1.807, 2.05) is 7.05 Å². The third kappa shape index (κ3) is 2.46. The molecule has 1 aromatic rings. The van der Waals surface area contributed by atoms with E-state index in [2.05, 4.69) is 41.0 Å². The van der Waals surface area contributed by atoms with Gasteiger partial charge < -0.3 is 15.1 Å². The Kier molecular flexibility index (Phi) is 3.54. The fraction of sp³-hybridized carbons (Fsp3) is 0.733. The smallest absolute Gasteiger partial charge is 0.137 e. The summed E-state index contributed by atoms with van der Waals surface area (Å²) in [5.74, 6) is 3.74. The lowest BCUT2D eigenvalue weighted by molar-refractivity contribution is 0.233. The van der Waals surface area contributed by atoms with Crippen molar-refractivity contribution in [3.63, 3.8) is 0 Å². The normalized spacial score (nSPS) is 24.0. The molecule has 1 atom stereocenters. The summed E-state index contributed by atoms with van der Waals surface area (Å²) in [5, 5.41) is 3.23. The number of rotatable bonds is 3. The summed E-state index contributed by atoms with van der Waals surface area (Å²) in [6.45, 7) is 7.59. The van der Waals surface area contributed by atoms with E-state index < -0.39 is 0 Å². The summed E-state index contributed by atoms with van der Waals surface area (Å²) in [4.78, 5) is 14.4. The first-order valence-corrected chi connectivity index (χ1v) is 7.61. The summed E-state index contributed by atoms with van der Waals surface area (Å²) in [6, 6.07) is 0.570. The SMILES string of the molecule is CNc1nc(C2CC2)nc(N2CCN(C)C(C)C2)c1C. The summed E-state index contributed by atoms with van der Waals surface area (Å²) in [6.07, 6.45) is 2.48. The number of aromatic nitrogens is 2. The maximum atomic E-state index is 4.88. The van der Waals surface area contributed by atoms with Gasteiger partial charge in [-0.1, -0.05) is 0 Å². The molecule has 1 saturated carbocycles. The molecule has 0 radical (unpaired) electrons. The molecule has 1 aliphatic heterocycles. The van der Waals surface area contributed by atoms with Crippen molar-refractivity contribution in [2.45, 2.75) is 38.6 Å². The van der Waals surface area contributed by atoms with Crippen molar-refractivity contribution in [3.8, 4) is 0 Å². The van der Waals surface area contributed by atoms with Crippen LogP contribution in [0.3, 0.4) is 0 Å². The minimum Gasteiger partial charge on any atom is -0.373 e. The van der Waals surface area contributed by atoms with Crippen LogP contribution in [0.1, 0.15) is 37.1 Å².